The molecule has 1 amide bonds. The summed E-state index contributed by atoms with van der Waals surface area (Å²) in [6, 6.07) is 22.1. The number of aromatic nitrogens is 1. The fraction of sp³-hybridized carbons (Fsp3) is 0.0385. The summed E-state index contributed by atoms with van der Waals surface area (Å²) in [5.74, 6) is 0.487. The van der Waals surface area contributed by atoms with Crippen LogP contribution in [0.1, 0.15) is 5.76 Å². The lowest BCUT2D eigenvalue weighted by molar-refractivity contribution is -0.384. The van der Waals surface area contributed by atoms with E-state index in [0.717, 1.165) is 0 Å². The van der Waals surface area contributed by atoms with Crippen molar-refractivity contribution in [3.63, 3.8) is 0 Å². The summed E-state index contributed by atoms with van der Waals surface area (Å²) in [5.41, 5.74) is 4.33. The number of amides is 1. The topological polar surface area (TPSA) is 120 Å². The van der Waals surface area contributed by atoms with Crippen molar-refractivity contribution in [3.05, 3.63) is 109 Å². The predicted molar refractivity (Wildman–Crippen MR) is 140 cm³/mol. The molecule has 10 heteroatoms. The number of para-hydroxylation sites is 2. The first-order valence-corrected chi connectivity index (χ1v) is 11.6. The van der Waals surface area contributed by atoms with Crippen molar-refractivity contribution in [2.45, 2.75) is 6.54 Å². The number of nitrogens with one attached hydrogen (secondary N) is 1. The Balaban J connectivity index is 1.34. The molecule has 2 heterocycles. The smallest absolute Gasteiger partial charge is 0.270 e. The lowest BCUT2D eigenvalue weighted by Crippen LogP contribution is -2.25. The Morgan fingerprint density at radius 1 is 1.03 bits per heavy atom. The zero-order valence-corrected chi connectivity index (χ0v) is 20.1. The molecule has 0 saturated heterocycles. The number of hydrogen-bond acceptors (Lipinski definition) is 6. The van der Waals surface area contributed by atoms with Crippen LogP contribution in [-0.2, 0) is 11.3 Å². The second-order valence-electron chi connectivity index (χ2n) is 7.87. The third-order valence-electron chi connectivity index (χ3n) is 5.62. The maximum atomic E-state index is 12.8. The number of carbonyl (C=O) groups is 1. The van der Waals surface area contributed by atoms with Crippen LogP contribution in [-0.4, -0.2) is 21.6 Å². The Labute approximate surface area is 211 Å². The molecule has 0 spiro atoms. The Kier molecular flexibility index (Phi) is 6.17. The first-order valence-electron chi connectivity index (χ1n) is 10.8. The molecular formula is C26H17BrN4O5. The van der Waals surface area contributed by atoms with Gasteiger partial charge in [0.25, 0.3) is 11.6 Å². The summed E-state index contributed by atoms with van der Waals surface area (Å²) in [6.07, 6.45) is 1.36. The minimum absolute atomic E-state index is 0.0370. The molecule has 0 aliphatic rings. The molecule has 5 aromatic rings. The Morgan fingerprint density at radius 3 is 2.33 bits per heavy atom. The highest BCUT2D eigenvalue weighted by Crippen LogP contribution is 2.32. The van der Waals surface area contributed by atoms with Crippen molar-refractivity contribution in [1.82, 2.24) is 9.99 Å². The highest BCUT2D eigenvalue weighted by atomic mass is 79.9. The van der Waals surface area contributed by atoms with Gasteiger partial charge in [0.05, 0.1) is 22.2 Å². The first-order chi connectivity index (χ1) is 17.4. The molecule has 0 saturated carbocycles. The summed E-state index contributed by atoms with van der Waals surface area (Å²) >= 11 is 3.33. The quantitative estimate of drug-likeness (QED) is 0.136. The predicted octanol–water partition coefficient (Wildman–Crippen LogP) is 5.24. The third-order valence-corrected chi connectivity index (χ3v) is 6.27. The van der Waals surface area contributed by atoms with E-state index in [-0.39, 0.29) is 23.6 Å². The molecule has 2 aromatic heterocycles. The molecule has 0 fully saturated rings. The Morgan fingerprint density at radius 2 is 1.69 bits per heavy atom. The van der Waals surface area contributed by atoms with Gasteiger partial charge in [0.1, 0.15) is 18.1 Å². The van der Waals surface area contributed by atoms with E-state index in [1.165, 1.54) is 18.3 Å². The van der Waals surface area contributed by atoms with Gasteiger partial charge in [-0.1, -0.05) is 24.3 Å². The van der Waals surface area contributed by atoms with E-state index in [4.69, 9.17) is 4.42 Å². The van der Waals surface area contributed by atoms with Crippen LogP contribution >= 0.6 is 15.9 Å². The molecular weight excluding hydrogens is 528 g/mol. The molecule has 0 radical (unpaired) electrons. The van der Waals surface area contributed by atoms with E-state index in [1.54, 1.807) is 59.2 Å². The molecule has 1 N–H and O–H groups in total. The summed E-state index contributed by atoms with van der Waals surface area (Å²) < 4.78 is 8.04. The number of rotatable bonds is 6. The number of carbonyl (C=O) groups excluding carboxylic acids is 1. The first kappa shape index (κ1) is 23.2. The van der Waals surface area contributed by atoms with Crippen molar-refractivity contribution in [3.8, 4) is 11.3 Å². The number of benzene rings is 3. The van der Waals surface area contributed by atoms with Crippen LogP contribution in [0.3, 0.4) is 0 Å². The van der Waals surface area contributed by atoms with Gasteiger partial charge in [0.2, 0.25) is 0 Å². The third kappa shape index (κ3) is 4.41. The number of halogens is 1. The van der Waals surface area contributed by atoms with Gasteiger partial charge in [-0.3, -0.25) is 19.7 Å². The van der Waals surface area contributed by atoms with Crippen LogP contribution in [0.4, 0.5) is 5.69 Å². The van der Waals surface area contributed by atoms with Crippen molar-refractivity contribution >= 4 is 55.5 Å². The number of pyridine rings is 1. The lowest BCUT2D eigenvalue weighted by Gasteiger charge is -2.14. The minimum Gasteiger partial charge on any atom is -0.455 e. The minimum atomic E-state index is -0.476. The highest BCUT2D eigenvalue weighted by molar-refractivity contribution is 9.10. The van der Waals surface area contributed by atoms with Gasteiger partial charge in [-0.25, -0.2) is 5.43 Å². The number of nitro groups is 1. The molecule has 9 nitrogen and oxygen atoms in total. The normalized spacial score (nSPS) is 11.4. The summed E-state index contributed by atoms with van der Waals surface area (Å²) in [4.78, 5) is 36.0. The second-order valence-corrected chi connectivity index (χ2v) is 8.72. The monoisotopic (exact) mass is 544 g/mol. The zero-order valence-electron chi connectivity index (χ0n) is 18.6. The number of hydrogen-bond donors (Lipinski definition) is 1. The largest absolute Gasteiger partial charge is 0.455 e. The van der Waals surface area contributed by atoms with E-state index in [2.05, 4.69) is 26.5 Å². The van der Waals surface area contributed by atoms with Gasteiger partial charge >= 0.3 is 0 Å². The van der Waals surface area contributed by atoms with Crippen LogP contribution in [0.25, 0.3) is 33.1 Å². The molecule has 0 unspecified atom stereocenters. The van der Waals surface area contributed by atoms with Gasteiger partial charge in [0, 0.05) is 32.9 Å². The SMILES string of the molecule is O=C(Cn1c2ccccc2c(=O)c2ccccc21)N/N=C\c1ccc(-c2ccc([N+](=O)[O-])cc2Br)o1. The molecule has 0 aliphatic heterocycles. The molecule has 178 valence electrons. The standard InChI is InChI=1S/C26H17BrN4O5/c27-21-13-16(31(34)35)9-11-18(21)24-12-10-17(36-24)14-28-29-25(32)15-30-22-7-3-1-5-19(22)26(33)20-6-2-4-8-23(20)30/h1-14H,15H2,(H,29,32)/b28-14-. The summed E-state index contributed by atoms with van der Waals surface area (Å²) in [5, 5.41) is 16.0. The van der Waals surface area contributed by atoms with E-state index in [9.17, 15) is 19.7 Å². The zero-order chi connectivity index (χ0) is 25.2. The van der Waals surface area contributed by atoms with E-state index < -0.39 is 4.92 Å². The number of nitro benzene ring substituents is 1. The number of non-ortho nitro benzene ring substituents is 1. The lowest BCUT2D eigenvalue weighted by atomic mass is 10.1. The average Bonchev–Trinajstić information content (AvgIpc) is 3.35. The Bertz CT molecular complexity index is 1680. The number of hydrazone groups is 1. The van der Waals surface area contributed by atoms with Gasteiger partial charge in [0.15, 0.2) is 5.43 Å². The fourth-order valence-electron chi connectivity index (χ4n) is 3.98. The van der Waals surface area contributed by atoms with E-state index in [0.29, 0.717) is 43.4 Å². The fourth-order valence-corrected chi connectivity index (χ4v) is 4.54. The van der Waals surface area contributed by atoms with E-state index >= 15 is 0 Å². The van der Waals surface area contributed by atoms with Crippen LogP contribution in [0.2, 0.25) is 0 Å². The van der Waals surface area contributed by atoms with Gasteiger partial charge in [-0.05, 0) is 58.4 Å². The van der Waals surface area contributed by atoms with Crippen molar-refractivity contribution in [2.75, 3.05) is 0 Å². The number of fused-ring (bicyclic) bond motifs is 2. The highest BCUT2D eigenvalue weighted by Gasteiger charge is 2.14. The van der Waals surface area contributed by atoms with Crippen molar-refractivity contribution in [1.29, 1.82) is 0 Å². The van der Waals surface area contributed by atoms with Crippen LogP contribution in [0, 0.1) is 10.1 Å². The average molecular weight is 545 g/mol. The van der Waals surface area contributed by atoms with Crippen LogP contribution < -0.4 is 10.9 Å². The molecule has 0 atom stereocenters. The van der Waals surface area contributed by atoms with Crippen molar-refractivity contribution in [2.24, 2.45) is 5.10 Å². The molecule has 36 heavy (non-hydrogen) atoms. The number of furan rings is 1. The van der Waals surface area contributed by atoms with Crippen LogP contribution in [0.5, 0.6) is 0 Å². The summed E-state index contributed by atoms with van der Waals surface area (Å²) in [6.45, 7) is -0.0439. The number of nitrogens with zero attached hydrogens (tertiary/aromatic N) is 3. The Hall–Kier alpha value is -4.57. The molecule has 5 rings (SSSR count). The molecule has 0 aliphatic carbocycles. The maximum Gasteiger partial charge on any atom is 0.270 e. The van der Waals surface area contributed by atoms with Crippen molar-refractivity contribution < 1.29 is 14.1 Å². The van der Waals surface area contributed by atoms with Gasteiger partial charge < -0.3 is 8.98 Å². The van der Waals surface area contributed by atoms with E-state index in [1.807, 2.05) is 12.1 Å². The maximum absolute atomic E-state index is 12.8. The molecule has 0 bridgehead atoms. The second kappa shape index (κ2) is 9.59. The summed E-state index contributed by atoms with van der Waals surface area (Å²) in [7, 11) is 0. The molecule has 3 aromatic carbocycles. The van der Waals surface area contributed by atoms with Gasteiger partial charge in [-0.15, -0.1) is 0 Å². The van der Waals surface area contributed by atoms with Gasteiger partial charge in [-0.2, -0.15) is 5.10 Å². The van der Waals surface area contributed by atoms with Crippen LogP contribution in [0.15, 0.2) is 97.6 Å².